The highest BCUT2D eigenvalue weighted by Gasteiger charge is 2.32. The van der Waals surface area contributed by atoms with Gasteiger partial charge in [-0.25, -0.2) is 9.78 Å². The number of rotatable bonds is 9. The van der Waals surface area contributed by atoms with E-state index in [1.54, 1.807) is 6.92 Å². The van der Waals surface area contributed by atoms with Crippen molar-refractivity contribution < 1.29 is 19.2 Å². The molecule has 0 aliphatic carbocycles. The van der Waals surface area contributed by atoms with Gasteiger partial charge in [0.1, 0.15) is 12.2 Å². The second-order valence-corrected chi connectivity index (χ2v) is 4.78. The third-order valence-electron chi connectivity index (χ3n) is 3.11. The topological polar surface area (TPSA) is 108 Å². The van der Waals surface area contributed by atoms with Crippen molar-refractivity contribution in [2.45, 2.75) is 26.3 Å². The lowest BCUT2D eigenvalue weighted by Crippen LogP contribution is -2.44. The van der Waals surface area contributed by atoms with Gasteiger partial charge >= 0.3 is 11.7 Å². The molecule has 1 atom stereocenters. The van der Waals surface area contributed by atoms with Crippen LogP contribution >= 0.6 is 11.6 Å². The quantitative estimate of drug-likeness (QED) is 0.219. The summed E-state index contributed by atoms with van der Waals surface area (Å²) < 4.78 is 10.1. The molecule has 0 fully saturated rings. The van der Waals surface area contributed by atoms with E-state index in [2.05, 4.69) is 9.97 Å². The highest BCUT2D eigenvalue weighted by Crippen LogP contribution is 2.28. The molecule has 0 spiro atoms. The summed E-state index contributed by atoms with van der Waals surface area (Å²) in [7, 11) is 1.26. The SMILES string of the molecule is CCOCCN(c1nc(Cl)ncc1[N+](=O)[O-])[C@H](CC)C(=O)OC. The Labute approximate surface area is 138 Å². The van der Waals surface area contributed by atoms with Crippen LogP contribution in [0.1, 0.15) is 20.3 Å². The summed E-state index contributed by atoms with van der Waals surface area (Å²) in [4.78, 5) is 31.6. The molecule has 1 heterocycles. The van der Waals surface area contributed by atoms with Crippen LogP contribution < -0.4 is 4.90 Å². The Morgan fingerprint density at radius 2 is 2.22 bits per heavy atom. The summed E-state index contributed by atoms with van der Waals surface area (Å²) in [5.74, 6) is -0.556. The number of ether oxygens (including phenoxy) is 2. The number of hydrogen-bond donors (Lipinski definition) is 0. The number of carbonyl (C=O) groups excluding carboxylic acids is 1. The largest absolute Gasteiger partial charge is 0.467 e. The molecule has 0 aromatic carbocycles. The molecule has 9 nitrogen and oxygen atoms in total. The van der Waals surface area contributed by atoms with Gasteiger partial charge in [-0.05, 0) is 24.9 Å². The van der Waals surface area contributed by atoms with E-state index in [1.165, 1.54) is 12.0 Å². The fraction of sp³-hybridized carbons (Fsp3) is 0.615. The molecular formula is C13H19ClN4O5. The molecule has 0 saturated heterocycles. The predicted molar refractivity (Wildman–Crippen MR) is 83.6 cm³/mol. The molecule has 0 bridgehead atoms. The smallest absolute Gasteiger partial charge is 0.329 e. The molecule has 0 saturated carbocycles. The van der Waals surface area contributed by atoms with Gasteiger partial charge in [-0.15, -0.1) is 0 Å². The molecule has 1 aromatic heterocycles. The lowest BCUT2D eigenvalue weighted by atomic mass is 10.2. The Bertz CT molecular complexity index is 557. The first-order valence-corrected chi connectivity index (χ1v) is 7.43. The number of nitro groups is 1. The zero-order chi connectivity index (χ0) is 17.4. The normalized spacial score (nSPS) is 11.8. The molecular weight excluding hydrogens is 328 g/mol. The lowest BCUT2D eigenvalue weighted by Gasteiger charge is -2.29. The highest BCUT2D eigenvalue weighted by atomic mass is 35.5. The van der Waals surface area contributed by atoms with Crippen LogP contribution in [0, 0.1) is 10.1 Å². The van der Waals surface area contributed by atoms with Gasteiger partial charge in [-0.1, -0.05) is 6.92 Å². The van der Waals surface area contributed by atoms with Gasteiger partial charge in [0.05, 0.1) is 18.6 Å². The monoisotopic (exact) mass is 346 g/mol. The van der Waals surface area contributed by atoms with Gasteiger partial charge in [0.2, 0.25) is 11.1 Å². The number of methoxy groups -OCH3 is 1. The fourth-order valence-corrected chi connectivity index (χ4v) is 2.18. The maximum Gasteiger partial charge on any atom is 0.329 e. The van der Waals surface area contributed by atoms with Gasteiger partial charge in [-0.2, -0.15) is 4.98 Å². The average Bonchev–Trinajstić information content (AvgIpc) is 2.53. The van der Waals surface area contributed by atoms with E-state index in [9.17, 15) is 14.9 Å². The summed E-state index contributed by atoms with van der Waals surface area (Å²) in [5.41, 5.74) is -0.340. The highest BCUT2D eigenvalue weighted by molar-refractivity contribution is 6.28. The second-order valence-electron chi connectivity index (χ2n) is 4.44. The van der Waals surface area contributed by atoms with Crippen LogP contribution in [0.15, 0.2) is 6.20 Å². The van der Waals surface area contributed by atoms with E-state index in [0.29, 0.717) is 13.0 Å². The van der Waals surface area contributed by atoms with E-state index < -0.39 is 16.9 Å². The molecule has 1 rings (SSSR count). The maximum absolute atomic E-state index is 12.0. The van der Waals surface area contributed by atoms with Crippen LogP contribution in [0.25, 0.3) is 0 Å². The van der Waals surface area contributed by atoms with Gasteiger partial charge in [0.25, 0.3) is 0 Å². The van der Waals surface area contributed by atoms with E-state index in [-0.39, 0.29) is 29.9 Å². The van der Waals surface area contributed by atoms with Crippen LogP contribution in [0.5, 0.6) is 0 Å². The van der Waals surface area contributed by atoms with E-state index in [4.69, 9.17) is 21.1 Å². The summed E-state index contributed by atoms with van der Waals surface area (Å²) in [6.45, 7) is 4.56. The van der Waals surface area contributed by atoms with Crippen LogP contribution in [0.4, 0.5) is 11.5 Å². The van der Waals surface area contributed by atoms with E-state index in [1.807, 2.05) is 6.92 Å². The van der Waals surface area contributed by atoms with E-state index in [0.717, 1.165) is 6.20 Å². The minimum atomic E-state index is -0.745. The summed E-state index contributed by atoms with van der Waals surface area (Å²) in [6.07, 6.45) is 1.39. The van der Waals surface area contributed by atoms with Crippen LogP contribution in [0.2, 0.25) is 5.28 Å². The van der Waals surface area contributed by atoms with E-state index >= 15 is 0 Å². The van der Waals surface area contributed by atoms with Crippen molar-refractivity contribution in [3.8, 4) is 0 Å². The summed E-state index contributed by atoms with van der Waals surface area (Å²) in [6, 6.07) is -0.745. The fourth-order valence-electron chi connectivity index (χ4n) is 2.05. The Kier molecular flexibility index (Phi) is 7.63. The van der Waals surface area contributed by atoms with Gasteiger partial charge < -0.3 is 14.4 Å². The summed E-state index contributed by atoms with van der Waals surface area (Å²) >= 11 is 5.77. The Morgan fingerprint density at radius 3 is 2.74 bits per heavy atom. The molecule has 0 amide bonds. The molecule has 0 unspecified atom stereocenters. The number of anilines is 1. The third-order valence-corrected chi connectivity index (χ3v) is 3.29. The Morgan fingerprint density at radius 1 is 1.52 bits per heavy atom. The van der Waals surface area contributed by atoms with Crippen molar-refractivity contribution in [1.29, 1.82) is 0 Å². The average molecular weight is 347 g/mol. The molecule has 0 radical (unpaired) electrons. The van der Waals surface area contributed by atoms with Crippen molar-refractivity contribution >= 4 is 29.1 Å². The molecule has 1 aromatic rings. The number of nitrogens with zero attached hydrogens (tertiary/aromatic N) is 4. The van der Waals surface area contributed by atoms with Gasteiger partial charge in [0, 0.05) is 13.2 Å². The Hall–Kier alpha value is -2.00. The molecule has 0 N–H and O–H groups in total. The van der Waals surface area contributed by atoms with Gasteiger partial charge in [0.15, 0.2) is 0 Å². The first-order chi connectivity index (χ1) is 11.0. The molecule has 128 valence electrons. The van der Waals surface area contributed by atoms with Crippen molar-refractivity contribution in [2.24, 2.45) is 0 Å². The van der Waals surface area contributed by atoms with Crippen molar-refractivity contribution in [3.05, 3.63) is 21.6 Å². The summed E-state index contributed by atoms with van der Waals surface area (Å²) in [5, 5.41) is 11.1. The standard InChI is InChI=1S/C13H19ClN4O5/c1-4-9(12(19)22-3)17(6-7-23-5-2)11-10(18(20)21)8-15-13(14)16-11/h8-9H,4-7H2,1-3H3/t9-/m1/s1. The van der Waals surface area contributed by atoms with Crippen LogP contribution in [-0.4, -0.2) is 53.8 Å². The number of halogens is 1. The minimum absolute atomic E-state index is 0.0352. The zero-order valence-corrected chi connectivity index (χ0v) is 13.9. The number of carbonyl (C=O) groups is 1. The van der Waals surface area contributed by atoms with Crippen LogP contribution in [-0.2, 0) is 14.3 Å². The Balaban J connectivity index is 3.29. The van der Waals surface area contributed by atoms with Crippen molar-refractivity contribution in [3.63, 3.8) is 0 Å². The molecule has 23 heavy (non-hydrogen) atoms. The second kappa shape index (κ2) is 9.21. The van der Waals surface area contributed by atoms with Crippen LogP contribution in [0.3, 0.4) is 0 Å². The molecule has 0 aliphatic rings. The van der Waals surface area contributed by atoms with Crippen molar-refractivity contribution in [2.75, 3.05) is 31.8 Å². The number of esters is 1. The predicted octanol–water partition coefficient (Wildman–Crippen LogP) is 1.83. The third kappa shape index (κ3) is 5.00. The van der Waals surface area contributed by atoms with Gasteiger partial charge in [-0.3, -0.25) is 10.1 Å². The molecule has 0 aliphatic heterocycles. The first-order valence-electron chi connectivity index (χ1n) is 7.05. The number of hydrogen-bond acceptors (Lipinski definition) is 8. The maximum atomic E-state index is 12.0. The lowest BCUT2D eigenvalue weighted by molar-refractivity contribution is -0.384. The van der Waals surface area contributed by atoms with Crippen molar-refractivity contribution in [1.82, 2.24) is 9.97 Å². The molecule has 10 heteroatoms. The minimum Gasteiger partial charge on any atom is -0.467 e. The zero-order valence-electron chi connectivity index (χ0n) is 13.2. The number of aromatic nitrogens is 2. The first kappa shape index (κ1) is 19.0.